The number of piperazine rings is 1. The number of nitrogens with zero attached hydrogens (tertiary/aromatic N) is 2. The van der Waals surface area contributed by atoms with Crippen LogP contribution in [0.4, 0.5) is 0 Å². The molecule has 2 aromatic rings. The molecule has 0 aromatic heterocycles. The molecule has 1 unspecified atom stereocenters. The summed E-state index contributed by atoms with van der Waals surface area (Å²) >= 11 is 0. The van der Waals surface area contributed by atoms with Crippen molar-refractivity contribution in [3.8, 4) is 0 Å². The highest BCUT2D eigenvalue weighted by molar-refractivity contribution is 5.94. The Labute approximate surface area is 151 Å². The zero-order valence-corrected chi connectivity index (χ0v) is 15.5. The highest BCUT2D eigenvalue weighted by atomic mass is 16.2. The van der Waals surface area contributed by atoms with Crippen LogP contribution >= 0.6 is 0 Å². The minimum atomic E-state index is 0.164. The molecule has 0 bridgehead atoms. The number of aryl methyl sites for hydroxylation is 2. The van der Waals surface area contributed by atoms with E-state index in [2.05, 4.69) is 56.0 Å². The Bertz CT molecular complexity index is 726. The van der Waals surface area contributed by atoms with Gasteiger partial charge in [-0.05, 0) is 56.0 Å². The third kappa shape index (κ3) is 4.29. The van der Waals surface area contributed by atoms with Gasteiger partial charge in [0, 0.05) is 37.8 Å². The van der Waals surface area contributed by atoms with Crippen LogP contribution in [0, 0.1) is 13.8 Å². The Hall–Kier alpha value is -2.13. The number of carbonyl (C=O) groups excluding carboxylic acids is 1. The third-order valence-electron chi connectivity index (χ3n) is 5.34. The molecule has 1 heterocycles. The molecule has 0 N–H and O–H groups in total. The van der Waals surface area contributed by atoms with Crippen LogP contribution in [0.5, 0.6) is 0 Å². The molecule has 132 valence electrons. The summed E-state index contributed by atoms with van der Waals surface area (Å²) in [6.45, 7) is 9.99. The van der Waals surface area contributed by atoms with E-state index < -0.39 is 0 Å². The molecule has 1 aliphatic rings. The smallest absolute Gasteiger partial charge is 0.253 e. The van der Waals surface area contributed by atoms with Crippen LogP contribution in [0.25, 0.3) is 0 Å². The lowest BCUT2D eigenvalue weighted by Gasteiger charge is -2.40. The van der Waals surface area contributed by atoms with Crippen molar-refractivity contribution in [1.82, 2.24) is 9.80 Å². The summed E-state index contributed by atoms with van der Waals surface area (Å²) in [7, 11) is 0. The maximum atomic E-state index is 12.8. The van der Waals surface area contributed by atoms with Crippen molar-refractivity contribution >= 4 is 5.91 Å². The molecule has 0 radical (unpaired) electrons. The normalized spacial score (nSPS) is 18.4. The first-order valence-corrected chi connectivity index (χ1v) is 9.19. The first-order valence-electron chi connectivity index (χ1n) is 9.19. The molecule has 0 saturated carbocycles. The van der Waals surface area contributed by atoms with Crippen molar-refractivity contribution in [3.05, 3.63) is 70.8 Å². The Morgan fingerprint density at radius 3 is 2.48 bits per heavy atom. The minimum Gasteiger partial charge on any atom is -0.336 e. The fourth-order valence-electron chi connectivity index (χ4n) is 3.49. The van der Waals surface area contributed by atoms with Crippen LogP contribution in [-0.2, 0) is 6.42 Å². The monoisotopic (exact) mass is 336 g/mol. The Morgan fingerprint density at radius 1 is 1.04 bits per heavy atom. The summed E-state index contributed by atoms with van der Waals surface area (Å²) in [6.07, 6.45) is 1.07. The van der Waals surface area contributed by atoms with Gasteiger partial charge in [0.05, 0.1) is 0 Å². The Kier molecular flexibility index (Phi) is 5.54. The van der Waals surface area contributed by atoms with E-state index in [-0.39, 0.29) is 5.91 Å². The van der Waals surface area contributed by atoms with Crippen molar-refractivity contribution in [2.24, 2.45) is 0 Å². The van der Waals surface area contributed by atoms with Gasteiger partial charge in [-0.1, -0.05) is 36.4 Å². The van der Waals surface area contributed by atoms with Gasteiger partial charge in [-0.2, -0.15) is 0 Å². The summed E-state index contributed by atoms with van der Waals surface area (Å²) < 4.78 is 0. The second-order valence-corrected chi connectivity index (χ2v) is 7.17. The second-order valence-electron chi connectivity index (χ2n) is 7.17. The molecular formula is C22H28N2O. The molecule has 3 rings (SSSR count). The molecule has 1 aliphatic heterocycles. The predicted octanol–water partition coefficient (Wildman–Crippen LogP) is 3.69. The van der Waals surface area contributed by atoms with Gasteiger partial charge in [0.2, 0.25) is 0 Å². The van der Waals surface area contributed by atoms with Crippen LogP contribution in [0.15, 0.2) is 48.5 Å². The lowest BCUT2D eigenvalue weighted by atomic mass is 10.0. The third-order valence-corrected chi connectivity index (χ3v) is 5.34. The molecule has 1 fully saturated rings. The number of rotatable bonds is 4. The van der Waals surface area contributed by atoms with Crippen LogP contribution in [-0.4, -0.2) is 47.9 Å². The summed E-state index contributed by atoms with van der Waals surface area (Å²) in [4.78, 5) is 17.3. The number of carbonyl (C=O) groups is 1. The predicted molar refractivity (Wildman–Crippen MR) is 103 cm³/mol. The SMILES string of the molecule is Cc1ccc(C(=O)N2CCN(CCc3ccccc3)C(C)C2)cc1C. The standard InChI is InChI=1S/C22H28N2O/c1-17-9-10-21(15-18(17)2)22(25)24-14-13-23(19(3)16-24)12-11-20-7-5-4-6-8-20/h4-10,15,19H,11-14,16H2,1-3H3. The Morgan fingerprint density at radius 2 is 1.80 bits per heavy atom. The van der Waals surface area contributed by atoms with E-state index in [0.29, 0.717) is 6.04 Å². The van der Waals surface area contributed by atoms with E-state index in [1.165, 1.54) is 16.7 Å². The van der Waals surface area contributed by atoms with Crippen LogP contribution in [0.1, 0.15) is 34.0 Å². The van der Waals surface area contributed by atoms with Gasteiger partial charge in [-0.15, -0.1) is 0 Å². The molecule has 0 aliphatic carbocycles. The van der Waals surface area contributed by atoms with Crippen molar-refractivity contribution in [2.75, 3.05) is 26.2 Å². The van der Waals surface area contributed by atoms with Crippen molar-refractivity contribution in [1.29, 1.82) is 0 Å². The first-order chi connectivity index (χ1) is 12.0. The summed E-state index contributed by atoms with van der Waals surface area (Å²) in [5.74, 6) is 0.164. The highest BCUT2D eigenvalue weighted by Crippen LogP contribution is 2.16. The average Bonchev–Trinajstić information content (AvgIpc) is 2.63. The van der Waals surface area contributed by atoms with Crippen molar-refractivity contribution in [2.45, 2.75) is 33.2 Å². The molecule has 1 saturated heterocycles. The van der Waals surface area contributed by atoms with E-state index in [0.717, 1.165) is 38.2 Å². The van der Waals surface area contributed by atoms with Crippen LogP contribution in [0.3, 0.4) is 0 Å². The van der Waals surface area contributed by atoms with Gasteiger partial charge in [0.15, 0.2) is 0 Å². The zero-order chi connectivity index (χ0) is 17.8. The quantitative estimate of drug-likeness (QED) is 0.850. The zero-order valence-electron chi connectivity index (χ0n) is 15.5. The number of benzene rings is 2. The van der Waals surface area contributed by atoms with Crippen LogP contribution < -0.4 is 0 Å². The van der Waals surface area contributed by atoms with E-state index >= 15 is 0 Å². The van der Waals surface area contributed by atoms with E-state index in [1.807, 2.05) is 23.1 Å². The number of hydrogen-bond donors (Lipinski definition) is 0. The van der Waals surface area contributed by atoms with Gasteiger partial charge >= 0.3 is 0 Å². The van der Waals surface area contributed by atoms with E-state index in [4.69, 9.17) is 0 Å². The lowest BCUT2D eigenvalue weighted by molar-refractivity contribution is 0.0518. The summed E-state index contributed by atoms with van der Waals surface area (Å²) in [5.41, 5.74) is 4.60. The summed E-state index contributed by atoms with van der Waals surface area (Å²) in [6, 6.07) is 17.0. The van der Waals surface area contributed by atoms with Gasteiger partial charge in [-0.25, -0.2) is 0 Å². The molecule has 3 heteroatoms. The van der Waals surface area contributed by atoms with E-state index in [9.17, 15) is 4.79 Å². The minimum absolute atomic E-state index is 0.164. The molecule has 0 spiro atoms. The molecule has 1 atom stereocenters. The van der Waals surface area contributed by atoms with Gasteiger partial charge in [-0.3, -0.25) is 9.69 Å². The van der Waals surface area contributed by atoms with Crippen LogP contribution in [0.2, 0.25) is 0 Å². The first kappa shape index (κ1) is 17.7. The maximum Gasteiger partial charge on any atom is 0.253 e. The molecule has 25 heavy (non-hydrogen) atoms. The van der Waals surface area contributed by atoms with Gasteiger partial charge in [0.1, 0.15) is 0 Å². The van der Waals surface area contributed by atoms with Crippen molar-refractivity contribution in [3.63, 3.8) is 0 Å². The largest absolute Gasteiger partial charge is 0.336 e. The van der Waals surface area contributed by atoms with E-state index in [1.54, 1.807) is 0 Å². The molecule has 3 nitrogen and oxygen atoms in total. The summed E-state index contributed by atoms with van der Waals surface area (Å²) in [5, 5.41) is 0. The molecular weight excluding hydrogens is 308 g/mol. The number of hydrogen-bond acceptors (Lipinski definition) is 2. The van der Waals surface area contributed by atoms with Gasteiger partial charge in [0.25, 0.3) is 5.91 Å². The lowest BCUT2D eigenvalue weighted by Crippen LogP contribution is -2.54. The topological polar surface area (TPSA) is 23.6 Å². The average molecular weight is 336 g/mol. The Balaban J connectivity index is 1.57. The fourth-order valence-corrected chi connectivity index (χ4v) is 3.49. The maximum absolute atomic E-state index is 12.8. The second kappa shape index (κ2) is 7.83. The number of amides is 1. The van der Waals surface area contributed by atoms with Gasteiger partial charge < -0.3 is 4.90 Å². The molecule has 1 amide bonds. The fraction of sp³-hybridized carbons (Fsp3) is 0.409. The molecule has 2 aromatic carbocycles. The van der Waals surface area contributed by atoms with Crippen molar-refractivity contribution < 1.29 is 4.79 Å². The highest BCUT2D eigenvalue weighted by Gasteiger charge is 2.27.